The molecular weight excluding hydrogens is 242 g/mol. The van der Waals surface area contributed by atoms with Gasteiger partial charge in [0.05, 0.1) is 5.52 Å². The number of nitrogens with one attached hydrogen (secondary N) is 1. The monoisotopic (exact) mass is 259 g/mol. The van der Waals surface area contributed by atoms with Crippen molar-refractivity contribution >= 4 is 17.0 Å². The Balaban J connectivity index is 2.08. The number of rotatable bonds is 2. The average molecular weight is 259 g/mol. The largest absolute Gasteiger partial charge is 0.444 e. The summed E-state index contributed by atoms with van der Waals surface area (Å²) in [5.74, 6) is 0. The topological polar surface area (TPSA) is 64.1 Å². The summed E-state index contributed by atoms with van der Waals surface area (Å²) in [5.41, 5.74) is 1.28. The van der Waals surface area contributed by atoms with Crippen molar-refractivity contribution in [1.29, 1.82) is 0 Å². The molecule has 0 saturated carbocycles. The number of hydrogen-bond acceptors (Lipinski definition) is 4. The van der Waals surface area contributed by atoms with Crippen LogP contribution in [-0.2, 0) is 11.3 Å². The van der Waals surface area contributed by atoms with Crippen molar-refractivity contribution in [3.63, 3.8) is 0 Å². The number of fused-ring (bicyclic) bond motifs is 1. The Bertz CT molecular complexity index is 585. The molecule has 1 aromatic carbocycles. The molecule has 2 aromatic rings. The van der Waals surface area contributed by atoms with E-state index in [1.807, 2.05) is 39.0 Å². The summed E-state index contributed by atoms with van der Waals surface area (Å²) in [6, 6.07) is 5.77. The van der Waals surface area contributed by atoms with Crippen LogP contribution < -0.4 is 5.32 Å². The molecule has 0 aliphatic rings. The third kappa shape index (κ3) is 3.64. The minimum atomic E-state index is -0.495. The summed E-state index contributed by atoms with van der Waals surface area (Å²) in [7, 11) is 0. The highest BCUT2D eigenvalue weighted by Crippen LogP contribution is 2.15. The van der Waals surface area contributed by atoms with Crippen LogP contribution in [0.2, 0.25) is 0 Å². The average Bonchev–Trinajstić information content (AvgIpc) is 2.34. The maximum Gasteiger partial charge on any atom is 0.407 e. The summed E-state index contributed by atoms with van der Waals surface area (Å²) in [6.07, 6.45) is 2.82. The van der Waals surface area contributed by atoms with Gasteiger partial charge in [0.25, 0.3) is 0 Å². The van der Waals surface area contributed by atoms with Crippen LogP contribution in [0.5, 0.6) is 0 Å². The lowest BCUT2D eigenvalue weighted by atomic mass is 10.1. The fourth-order valence-electron chi connectivity index (χ4n) is 1.70. The molecule has 0 saturated heterocycles. The molecule has 1 amide bonds. The molecule has 0 bridgehead atoms. The molecule has 19 heavy (non-hydrogen) atoms. The number of para-hydroxylation sites is 1. The maximum atomic E-state index is 11.6. The fraction of sp³-hybridized carbons (Fsp3) is 0.357. The fourth-order valence-corrected chi connectivity index (χ4v) is 1.70. The van der Waals surface area contributed by atoms with Crippen LogP contribution in [0.4, 0.5) is 4.79 Å². The summed E-state index contributed by atoms with van der Waals surface area (Å²) >= 11 is 0. The van der Waals surface area contributed by atoms with Gasteiger partial charge in [-0.1, -0.05) is 18.2 Å². The van der Waals surface area contributed by atoms with Gasteiger partial charge in [0.15, 0.2) is 0 Å². The second-order valence-electron chi connectivity index (χ2n) is 5.23. The van der Waals surface area contributed by atoms with Crippen molar-refractivity contribution in [1.82, 2.24) is 15.3 Å². The van der Waals surface area contributed by atoms with Gasteiger partial charge in [-0.05, 0) is 26.3 Å². The molecule has 2 rings (SSSR count). The molecule has 5 nitrogen and oxygen atoms in total. The molecule has 0 fully saturated rings. The standard InChI is InChI=1S/C14H17N3O2/c1-14(2,3)19-13(18)16-8-11-6-4-5-10-7-15-9-17-12(10)11/h4-7,9H,8H2,1-3H3,(H,16,18). The van der Waals surface area contributed by atoms with Gasteiger partial charge < -0.3 is 10.1 Å². The summed E-state index contributed by atoms with van der Waals surface area (Å²) in [6.45, 7) is 5.87. The summed E-state index contributed by atoms with van der Waals surface area (Å²) in [4.78, 5) is 19.8. The van der Waals surface area contributed by atoms with E-state index in [-0.39, 0.29) is 0 Å². The molecular formula is C14H17N3O2. The van der Waals surface area contributed by atoms with E-state index in [9.17, 15) is 4.79 Å². The quantitative estimate of drug-likeness (QED) is 0.900. The molecule has 0 radical (unpaired) electrons. The number of aromatic nitrogens is 2. The predicted octanol–water partition coefficient (Wildman–Crippen LogP) is 2.65. The van der Waals surface area contributed by atoms with E-state index in [0.29, 0.717) is 6.54 Å². The van der Waals surface area contributed by atoms with Gasteiger partial charge in [0.1, 0.15) is 11.9 Å². The molecule has 0 atom stereocenters. The first-order valence-electron chi connectivity index (χ1n) is 6.10. The van der Waals surface area contributed by atoms with E-state index in [1.54, 1.807) is 6.20 Å². The smallest absolute Gasteiger partial charge is 0.407 e. The molecule has 100 valence electrons. The highest BCUT2D eigenvalue weighted by atomic mass is 16.6. The van der Waals surface area contributed by atoms with Crippen molar-refractivity contribution in [2.45, 2.75) is 32.9 Å². The zero-order valence-electron chi connectivity index (χ0n) is 11.3. The van der Waals surface area contributed by atoms with Gasteiger partial charge in [-0.2, -0.15) is 0 Å². The summed E-state index contributed by atoms with van der Waals surface area (Å²) < 4.78 is 5.19. The zero-order chi connectivity index (χ0) is 13.9. The molecule has 0 spiro atoms. The van der Waals surface area contributed by atoms with E-state index < -0.39 is 11.7 Å². The first kappa shape index (κ1) is 13.3. The number of ether oxygens (including phenoxy) is 1. The van der Waals surface area contributed by atoms with E-state index in [2.05, 4.69) is 15.3 Å². The molecule has 1 aromatic heterocycles. The Labute approximate surface area is 112 Å². The molecule has 0 unspecified atom stereocenters. The number of alkyl carbamates (subject to hydrolysis) is 1. The number of nitrogens with zero attached hydrogens (tertiary/aromatic N) is 2. The normalized spacial score (nSPS) is 11.3. The van der Waals surface area contributed by atoms with E-state index in [0.717, 1.165) is 16.5 Å². The third-order valence-electron chi connectivity index (χ3n) is 2.44. The number of carbonyl (C=O) groups is 1. The van der Waals surface area contributed by atoms with Crippen LogP contribution in [0.25, 0.3) is 10.9 Å². The van der Waals surface area contributed by atoms with Crippen molar-refractivity contribution in [2.75, 3.05) is 0 Å². The Morgan fingerprint density at radius 3 is 2.89 bits per heavy atom. The van der Waals surface area contributed by atoms with Gasteiger partial charge in [-0.25, -0.2) is 14.8 Å². The minimum Gasteiger partial charge on any atom is -0.444 e. The Kier molecular flexibility index (Phi) is 3.64. The first-order valence-corrected chi connectivity index (χ1v) is 6.10. The molecule has 5 heteroatoms. The Hall–Kier alpha value is -2.17. The molecule has 1 heterocycles. The van der Waals surface area contributed by atoms with E-state index >= 15 is 0 Å². The minimum absolute atomic E-state index is 0.378. The van der Waals surface area contributed by atoms with Gasteiger partial charge in [0.2, 0.25) is 0 Å². The summed E-state index contributed by atoms with van der Waals surface area (Å²) in [5, 5.41) is 3.68. The van der Waals surface area contributed by atoms with Gasteiger partial charge in [-0.3, -0.25) is 0 Å². The Morgan fingerprint density at radius 1 is 1.37 bits per heavy atom. The van der Waals surface area contributed by atoms with E-state index in [4.69, 9.17) is 4.74 Å². The number of amides is 1. The maximum absolute atomic E-state index is 11.6. The SMILES string of the molecule is CC(C)(C)OC(=O)NCc1cccc2cncnc12. The van der Waals surface area contributed by atoms with E-state index in [1.165, 1.54) is 6.33 Å². The lowest BCUT2D eigenvalue weighted by molar-refractivity contribution is 0.0524. The van der Waals surface area contributed by atoms with Crippen molar-refractivity contribution in [2.24, 2.45) is 0 Å². The lowest BCUT2D eigenvalue weighted by Gasteiger charge is -2.19. The van der Waals surface area contributed by atoms with Crippen LogP contribution in [-0.4, -0.2) is 21.7 Å². The van der Waals surface area contributed by atoms with Crippen LogP contribution in [0.1, 0.15) is 26.3 Å². The third-order valence-corrected chi connectivity index (χ3v) is 2.44. The predicted molar refractivity (Wildman–Crippen MR) is 72.6 cm³/mol. The first-order chi connectivity index (χ1) is 8.96. The van der Waals surface area contributed by atoms with Gasteiger partial charge >= 0.3 is 6.09 Å². The number of hydrogen-bond donors (Lipinski definition) is 1. The number of carbonyl (C=O) groups excluding carboxylic acids is 1. The van der Waals surface area contributed by atoms with Crippen LogP contribution in [0.15, 0.2) is 30.7 Å². The van der Waals surface area contributed by atoms with Crippen LogP contribution in [0, 0.1) is 0 Å². The second-order valence-corrected chi connectivity index (χ2v) is 5.23. The van der Waals surface area contributed by atoms with Crippen LogP contribution in [0.3, 0.4) is 0 Å². The molecule has 1 N–H and O–H groups in total. The van der Waals surface area contributed by atoms with Gasteiger partial charge in [0, 0.05) is 18.1 Å². The van der Waals surface area contributed by atoms with Gasteiger partial charge in [-0.15, -0.1) is 0 Å². The lowest BCUT2D eigenvalue weighted by Crippen LogP contribution is -2.32. The highest BCUT2D eigenvalue weighted by molar-refractivity contribution is 5.81. The number of benzene rings is 1. The molecule has 0 aliphatic heterocycles. The van der Waals surface area contributed by atoms with Crippen molar-refractivity contribution in [3.8, 4) is 0 Å². The zero-order valence-corrected chi connectivity index (χ0v) is 11.3. The highest BCUT2D eigenvalue weighted by Gasteiger charge is 2.15. The second kappa shape index (κ2) is 5.22. The van der Waals surface area contributed by atoms with Crippen LogP contribution >= 0.6 is 0 Å². The molecule has 0 aliphatic carbocycles. The van der Waals surface area contributed by atoms with Crippen molar-refractivity contribution < 1.29 is 9.53 Å². The van der Waals surface area contributed by atoms with Crippen molar-refractivity contribution in [3.05, 3.63) is 36.3 Å². The Morgan fingerprint density at radius 2 is 2.16 bits per heavy atom.